The number of hydrogen-bond donors (Lipinski definition) is 2. The van der Waals surface area contributed by atoms with Gasteiger partial charge in [0, 0.05) is 12.6 Å². The van der Waals surface area contributed by atoms with Gasteiger partial charge in [0.2, 0.25) is 10.0 Å². The second-order valence-corrected chi connectivity index (χ2v) is 6.72. The topological polar surface area (TPSA) is 104 Å². The van der Waals surface area contributed by atoms with Gasteiger partial charge in [-0.3, -0.25) is 0 Å². The number of aromatic carboxylic acids is 1. The normalized spacial score (nSPS) is 23.9. The van der Waals surface area contributed by atoms with Gasteiger partial charge < -0.3 is 14.9 Å². The summed E-state index contributed by atoms with van der Waals surface area (Å²) in [4.78, 5) is 11.0. The number of morpholine rings is 1. The number of rotatable bonds is 4. The Bertz CT molecular complexity index is 629. The molecule has 1 aromatic rings. The third-order valence-electron chi connectivity index (χ3n) is 3.36. The number of carboxylic acids is 1. The van der Waals surface area contributed by atoms with Gasteiger partial charge in [-0.05, 0) is 19.1 Å². The van der Waals surface area contributed by atoms with E-state index in [-0.39, 0.29) is 30.2 Å². The number of ether oxygens (including phenoxy) is 1. The Labute approximate surface area is 122 Å². The van der Waals surface area contributed by atoms with Crippen LogP contribution in [0, 0.1) is 0 Å². The molecule has 1 aliphatic heterocycles. The predicted molar refractivity (Wildman–Crippen MR) is 73.6 cm³/mol. The lowest BCUT2D eigenvalue weighted by atomic mass is 10.2. The molecule has 0 bridgehead atoms. The van der Waals surface area contributed by atoms with Gasteiger partial charge in [-0.2, -0.15) is 4.31 Å². The molecule has 7 nitrogen and oxygen atoms in total. The van der Waals surface area contributed by atoms with Gasteiger partial charge in [-0.25, -0.2) is 13.2 Å². The van der Waals surface area contributed by atoms with Crippen molar-refractivity contribution in [1.29, 1.82) is 0 Å². The molecule has 1 fully saturated rings. The second kappa shape index (κ2) is 6.10. The molecule has 8 heteroatoms. The molecule has 1 saturated heterocycles. The molecule has 2 unspecified atom stereocenters. The highest BCUT2D eigenvalue weighted by atomic mass is 32.2. The van der Waals surface area contributed by atoms with Crippen LogP contribution >= 0.6 is 0 Å². The molecular weight excluding hydrogens is 298 g/mol. The maximum Gasteiger partial charge on any atom is 0.337 e. The lowest BCUT2D eigenvalue weighted by molar-refractivity contribution is -0.0516. The Morgan fingerprint density at radius 1 is 1.43 bits per heavy atom. The smallest absolute Gasteiger partial charge is 0.337 e. The van der Waals surface area contributed by atoms with Crippen molar-refractivity contribution in [3.8, 4) is 0 Å². The van der Waals surface area contributed by atoms with Crippen molar-refractivity contribution in [3.05, 3.63) is 29.8 Å². The number of nitrogens with zero attached hydrogens (tertiary/aromatic N) is 1. The van der Waals surface area contributed by atoms with Crippen LogP contribution in [0.5, 0.6) is 0 Å². The lowest BCUT2D eigenvalue weighted by Gasteiger charge is -2.36. The van der Waals surface area contributed by atoms with Crippen LogP contribution in [0.2, 0.25) is 0 Å². The van der Waals surface area contributed by atoms with E-state index in [9.17, 15) is 13.2 Å². The first kappa shape index (κ1) is 15.9. The zero-order chi connectivity index (χ0) is 15.6. The summed E-state index contributed by atoms with van der Waals surface area (Å²) in [5, 5.41) is 18.3. The molecule has 21 heavy (non-hydrogen) atoms. The standard InChI is InChI=1S/C13H17NO6S/c1-9-8-20-10(7-15)6-14(9)21(18,19)12-5-3-2-4-11(12)13(16)17/h2-5,9-10,15H,6-8H2,1H3,(H,16,17). The molecule has 2 atom stereocenters. The number of aliphatic hydroxyl groups excluding tert-OH is 1. The molecule has 0 spiro atoms. The van der Waals surface area contributed by atoms with Crippen molar-refractivity contribution in [1.82, 2.24) is 4.31 Å². The summed E-state index contributed by atoms with van der Waals surface area (Å²) in [6.45, 7) is 1.53. The van der Waals surface area contributed by atoms with Crippen molar-refractivity contribution in [2.45, 2.75) is 24.0 Å². The van der Waals surface area contributed by atoms with E-state index in [1.807, 2.05) is 0 Å². The van der Waals surface area contributed by atoms with Crippen LogP contribution < -0.4 is 0 Å². The SMILES string of the molecule is CC1COC(CO)CN1S(=O)(=O)c1ccccc1C(=O)O. The summed E-state index contributed by atoms with van der Waals surface area (Å²) in [5.74, 6) is -1.30. The van der Waals surface area contributed by atoms with Crippen LogP contribution in [0.3, 0.4) is 0 Å². The average molecular weight is 315 g/mol. The van der Waals surface area contributed by atoms with Gasteiger partial charge in [-0.1, -0.05) is 12.1 Å². The molecule has 1 aliphatic rings. The Kier molecular flexibility index (Phi) is 4.62. The van der Waals surface area contributed by atoms with Gasteiger partial charge in [0.05, 0.1) is 29.8 Å². The number of carbonyl (C=O) groups is 1. The highest BCUT2D eigenvalue weighted by Crippen LogP contribution is 2.25. The van der Waals surface area contributed by atoms with Crippen LogP contribution in [0.15, 0.2) is 29.2 Å². The highest BCUT2D eigenvalue weighted by molar-refractivity contribution is 7.89. The molecule has 1 aromatic carbocycles. The van der Waals surface area contributed by atoms with Crippen LogP contribution in [0.4, 0.5) is 0 Å². The van der Waals surface area contributed by atoms with Crippen molar-refractivity contribution in [2.24, 2.45) is 0 Å². The summed E-state index contributed by atoms with van der Waals surface area (Å²) >= 11 is 0. The largest absolute Gasteiger partial charge is 0.478 e. The highest BCUT2D eigenvalue weighted by Gasteiger charge is 2.37. The Morgan fingerprint density at radius 2 is 2.10 bits per heavy atom. The lowest BCUT2D eigenvalue weighted by Crippen LogP contribution is -2.52. The molecule has 0 saturated carbocycles. The maximum absolute atomic E-state index is 12.7. The molecule has 116 valence electrons. The maximum atomic E-state index is 12.7. The number of benzene rings is 1. The van der Waals surface area contributed by atoms with Gasteiger partial charge >= 0.3 is 5.97 Å². The van der Waals surface area contributed by atoms with Gasteiger partial charge in [0.1, 0.15) is 0 Å². The summed E-state index contributed by atoms with van der Waals surface area (Å²) < 4.78 is 31.9. The molecule has 0 aliphatic carbocycles. The second-order valence-electron chi connectivity index (χ2n) is 4.86. The zero-order valence-corrected chi connectivity index (χ0v) is 12.3. The molecular formula is C13H17NO6S. The zero-order valence-electron chi connectivity index (χ0n) is 11.5. The predicted octanol–water partition coefficient (Wildman–Crippen LogP) is 0.155. The number of aliphatic hydroxyl groups is 1. The van der Waals surface area contributed by atoms with Gasteiger partial charge in [-0.15, -0.1) is 0 Å². The number of carboxylic acid groups (broad SMARTS) is 1. The molecule has 1 heterocycles. The number of sulfonamides is 1. The van der Waals surface area contributed by atoms with Crippen LogP contribution in [-0.2, 0) is 14.8 Å². The monoisotopic (exact) mass is 315 g/mol. The minimum absolute atomic E-state index is 0.00600. The average Bonchev–Trinajstić information content (AvgIpc) is 2.47. The summed E-state index contributed by atoms with van der Waals surface area (Å²) in [6.07, 6.45) is -0.604. The fourth-order valence-electron chi connectivity index (χ4n) is 2.23. The molecule has 0 radical (unpaired) electrons. The first-order valence-electron chi connectivity index (χ1n) is 6.44. The molecule has 2 N–H and O–H groups in total. The van der Waals surface area contributed by atoms with Crippen molar-refractivity contribution < 1.29 is 28.2 Å². The fourth-order valence-corrected chi connectivity index (χ4v) is 4.07. The number of hydrogen-bond acceptors (Lipinski definition) is 5. The summed E-state index contributed by atoms with van der Waals surface area (Å²) in [6, 6.07) is 5.05. The van der Waals surface area contributed by atoms with E-state index < -0.39 is 28.1 Å². The van der Waals surface area contributed by atoms with Crippen LogP contribution in [-0.4, -0.2) is 60.8 Å². The van der Waals surface area contributed by atoms with Crippen LogP contribution in [0.25, 0.3) is 0 Å². The van der Waals surface area contributed by atoms with Gasteiger partial charge in [0.25, 0.3) is 0 Å². The van der Waals surface area contributed by atoms with Crippen molar-refractivity contribution >= 4 is 16.0 Å². The first-order valence-corrected chi connectivity index (χ1v) is 7.88. The van der Waals surface area contributed by atoms with Crippen LogP contribution in [0.1, 0.15) is 17.3 Å². The third kappa shape index (κ3) is 3.08. The van der Waals surface area contributed by atoms with E-state index in [1.54, 1.807) is 6.92 Å². The van der Waals surface area contributed by atoms with Gasteiger partial charge in [0.15, 0.2) is 0 Å². The Morgan fingerprint density at radius 3 is 2.71 bits per heavy atom. The minimum Gasteiger partial charge on any atom is -0.478 e. The first-order chi connectivity index (χ1) is 9.87. The molecule has 2 rings (SSSR count). The van der Waals surface area contributed by atoms with E-state index in [0.29, 0.717) is 0 Å². The third-order valence-corrected chi connectivity index (χ3v) is 5.39. The quantitative estimate of drug-likeness (QED) is 0.820. The fraction of sp³-hybridized carbons (Fsp3) is 0.462. The van der Waals surface area contributed by atoms with E-state index in [4.69, 9.17) is 14.9 Å². The van der Waals surface area contributed by atoms with E-state index in [1.165, 1.54) is 28.6 Å². The van der Waals surface area contributed by atoms with E-state index in [0.717, 1.165) is 0 Å². The van der Waals surface area contributed by atoms with Crippen molar-refractivity contribution in [2.75, 3.05) is 19.8 Å². The van der Waals surface area contributed by atoms with Crippen molar-refractivity contribution in [3.63, 3.8) is 0 Å². The summed E-state index contributed by atoms with van der Waals surface area (Å²) in [7, 11) is -3.97. The van der Waals surface area contributed by atoms with E-state index in [2.05, 4.69) is 0 Å². The minimum atomic E-state index is -3.97. The Hall–Kier alpha value is -1.48. The molecule has 0 aromatic heterocycles. The Balaban J connectivity index is 2.44. The molecule has 0 amide bonds. The summed E-state index contributed by atoms with van der Waals surface area (Å²) in [5.41, 5.74) is -0.267. The van der Waals surface area contributed by atoms with E-state index >= 15 is 0 Å².